The van der Waals surface area contributed by atoms with Crippen molar-refractivity contribution in [3.8, 4) is 0 Å². The number of carbonyl (C=O) groups is 2. The molecule has 0 aliphatic carbocycles. The molecule has 0 spiro atoms. The molecule has 1 unspecified atom stereocenters. The van der Waals surface area contributed by atoms with Crippen molar-refractivity contribution >= 4 is 39.2 Å². The first-order valence-corrected chi connectivity index (χ1v) is 9.40. The standard InChI is InChI=1S/C15H20ClN3O5S/c1-18(2)25(23,24)13-7-11(3-4-12(13)16)17-14(20)9-19-6-5-10(8-19)15(21)22/h3-4,7,10H,5-6,8-9H2,1-2H3,(H,17,20)(H,21,22). The molecule has 1 saturated heterocycles. The van der Waals surface area contributed by atoms with Gasteiger partial charge >= 0.3 is 5.97 Å². The second kappa shape index (κ2) is 7.69. The Hall–Kier alpha value is -1.68. The number of hydrogen-bond donors (Lipinski definition) is 2. The first-order valence-electron chi connectivity index (χ1n) is 7.58. The fraction of sp³-hybridized carbons (Fsp3) is 0.467. The van der Waals surface area contributed by atoms with Gasteiger partial charge in [-0.05, 0) is 31.2 Å². The summed E-state index contributed by atoms with van der Waals surface area (Å²) in [6.07, 6.45) is 0.509. The molecule has 138 valence electrons. The molecule has 1 fully saturated rings. The first kappa shape index (κ1) is 19.6. The van der Waals surface area contributed by atoms with E-state index in [1.807, 2.05) is 0 Å². The van der Waals surface area contributed by atoms with Gasteiger partial charge in [0, 0.05) is 26.3 Å². The number of carbonyl (C=O) groups excluding carboxylic acids is 1. The Kier molecular flexibility index (Phi) is 6.04. The van der Waals surface area contributed by atoms with Gasteiger partial charge in [0.25, 0.3) is 0 Å². The maximum absolute atomic E-state index is 12.2. The third-order valence-electron chi connectivity index (χ3n) is 3.96. The van der Waals surface area contributed by atoms with E-state index in [4.69, 9.17) is 16.7 Å². The van der Waals surface area contributed by atoms with Gasteiger partial charge < -0.3 is 10.4 Å². The fourth-order valence-electron chi connectivity index (χ4n) is 2.56. The van der Waals surface area contributed by atoms with Gasteiger partial charge in [0.05, 0.1) is 17.5 Å². The smallest absolute Gasteiger partial charge is 0.307 e. The van der Waals surface area contributed by atoms with Crippen LogP contribution < -0.4 is 5.32 Å². The van der Waals surface area contributed by atoms with E-state index >= 15 is 0 Å². The lowest BCUT2D eigenvalue weighted by Crippen LogP contribution is -2.32. The molecule has 1 aliphatic rings. The van der Waals surface area contributed by atoms with Gasteiger partial charge in [-0.2, -0.15) is 0 Å². The van der Waals surface area contributed by atoms with E-state index in [0.29, 0.717) is 25.2 Å². The van der Waals surface area contributed by atoms with Crippen molar-refractivity contribution in [3.63, 3.8) is 0 Å². The predicted molar refractivity (Wildman–Crippen MR) is 93.1 cm³/mol. The highest BCUT2D eigenvalue weighted by Gasteiger charge is 2.29. The molecule has 1 amide bonds. The molecule has 25 heavy (non-hydrogen) atoms. The fourth-order valence-corrected chi connectivity index (χ4v) is 3.95. The maximum Gasteiger partial charge on any atom is 0.307 e. The highest BCUT2D eigenvalue weighted by molar-refractivity contribution is 7.89. The molecular weight excluding hydrogens is 370 g/mol. The summed E-state index contributed by atoms with van der Waals surface area (Å²) in [6, 6.07) is 4.22. The van der Waals surface area contributed by atoms with Crippen molar-refractivity contribution in [2.75, 3.05) is 39.0 Å². The third-order valence-corrected chi connectivity index (χ3v) is 6.26. The minimum Gasteiger partial charge on any atom is -0.481 e. The first-order chi connectivity index (χ1) is 11.6. The number of anilines is 1. The van der Waals surface area contributed by atoms with Crippen LogP contribution in [0.15, 0.2) is 23.1 Å². The number of sulfonamides is 1. The minimum atomic E-state index is -3.73. The minimum absolute atomic E-state index is 0.0438. The molecule has 0 saturated carbocycles. The Morgan fingerprint density at radius 1 is 1.40 bits per heavy atom. The van der Waals surface area contributed by atoms with Crippen LogP contribution in [0.4, 0.5) is 5.69 Å². The topological polar surface area (TPSA) is 107 Å². The Labute approximate surface area is 151 Å². The molecule has 2 N–H and O–H groups in total. The second-order valence-corrected chi connectivity index (χ2v) is 8.57. The molecule has 8 nitrogen and oxygen atoms in total. The number of carboxylic acid groups (broad SMARTS) is 1. The monoisotopic (exact) mass is 389 g/mol. The number of aliphatic carboxylic acids is 1. The van der Waals surface area contributed by atoms with Crippen LogP contribution in [-0.4, -0.2) is 68.3 Å². The average molecular weight is 390 g/mol. The number of benzene rings is 1. The molecule has 1 aliphatic heterocycles. The number of nitrogens with one attached hydrogen (secondary N) is 1. The van der Waals surface area contributed by atoms with E-state index in [2.05, 4.69) is 5.32 Å². The number of nitrogens with zero attached hydrogens (tertiary/aromatic N) is 2. The predicted octanol–water partition coefficient (Wildman–Crippen LogP) is 0.935. The van der Waals surface area contributed by atoms with Crippen LogP contribution in [0, 0.1) is 5.92 Å². The summed E-state index contributed by atoms with van der Waals surface area (Å²) in [5.74, 6) is -1.67. The van der Waals surface area contributed by atoms with E-state index in [0.717, 1.165) is 4.31 Å². The Balaban J connectivity index is 2.06. The van der Waals surface area contributed by atoms with Crippen LogP contribution in [0.5, 0.6) is 0 Å². The maximum atomic E-state index is 12.2. The van der Waals surface area contributed by atoms with Gasteiger partial charge in [-0.3, -0.25) is 14.5 Å². The summed E-state index contributed by atoms with van der Waals surface area (Å²) in [5, 5.41) is 11.7. The normalized spacial score (nSPS) is 18.5. The van der Waals surface area contributed by atoms with Crippen LogP contribution in [0.2, 0.25) is 5.02 Å². The largest absolute Gasteiger partial charge is 0.481 e. The zero-order valence-corrected chi connectivity index (χ0v) is 15.5. The number of likely N-dealkylation sites (tertiary alicyclic amines) is 1. The molecule has 1 atom stereocenters. The summed E-state index contributed by atoms with van der Waals surface area (Å²) >= 11 is 5.96. The second-order valence-electron chi connectivity index (χ2n) is 6.04. The number of amides is 1. The number of hydrogen-bond acceptors (Lipinski definition) is 5. The SMILES string of the molecule is CN(C)S(=O)(=O)c1cc(NC(=O)CN2CCC(C(=O)O)C2)ccc1Cl. The third kappa shape index (κ3) is 4.69. The van der Waals surface area contributed by atoms with E-state index in [-0.39, 0.29) is 22.4 Å². The quantitative estimate of drug-likeness (QED) is 0.749. The van der Waals surface area contributed by atoms with Crippen molar-refractivity contribution < 1.29 is 23.1 Å². The van der Waals surface area contributed by atoms with E-state index in [1.165, 1.54) is 32.3 Å². The number of carboxylic acids is 1. The van der Waals surface area contributed by atoms with Gasteiger partial charge in [-0.1, -0.05) is 11.6 Å². The number of rotatable bonds is 6. The lowest BCUT2D eigenvalue weighted by molar-refractivity contribution is -0.141. The van der Waals surface area contributed by atoms with Crippen molar-refractivity contribution in [2.24, 2.45) is 5.92 Å². The zero-order valence-electron chi connectivity index (χ0n) is 13.9. The van der Waals surface area contributed by atoms with Crippen LogP contribution in [0.3, 0.4) is 0 Å². The summed E-state index contributed by atoms with van der Waals surface area (Å²) in [5.41, 5.74) is 0.309. The van der Waals surface area contributed by atoms with Crippen molar-refractivity contribution in [3.05, 3.63) is 23.2 Å². The molecule has 10 heteroatoms. The Morgan fingerprint density at radius 2 is 2.08 bits per heavy atom. The summed E-state index contributed by atoms with van der Waals surface area (Å²) < 4.78 is 25.5. The van der Waals surface area contributed by atoms with E-state index < -0.39 is 21.9 Å². The van der Waals surface area contributed by atoms with Crippen LogP contribution >= 0.6 is 11.6 Å². The van der Waals surface area contributed by atoms with E-state index in [1.54, 1.807) is 4.90 Å². The highest BCUT2D eigenvalue weighted by Crippen LogP contribution is 2.27. The lowest BCUT2D eigenvalue weighted by atomic mass is 10.1. The zero-order chi connectivity index (χ0) is 18.8. The molecule has 0 bridgehead atoms. The molecule has 0 radical (unpaired) electrons. The van der Waals surface area contributed by atoms with Crippen LogP contribution in [0.25, 0.3) is 0 Å². The van der Waals surface area contributed by atoms with Crippen molar-refractivity contribution in [1.29, 1.82) is 0 Å². The van der Waals surface area contributed by atoms with Gasteiger partial charge in [0.15, 0.2) is 0 Å². The van der Waals surface area contributed by atoms with Gasteiger partial charge in [-0.25, -0.2) is 12.7 Å². The Morgan fingerprint density at radius 3 is 2.64 bits per heavy atom. The van der Waals surface area contributed by atoms with E-state index in [9.17, 15) is 18.0 Å². The molecule has 1 heterocycles. The molecule has 1 aromatic rings. The van der Waals surface area contributed by atoms with Gasteiger partial charge in [0.2, 0.25) is 15.9 Å². The molecule has 1 aromatic carbocycles. The average Bonchev–Trinajstić information content (AvgIpc) is 2.97. The highest BCUT2D eigenvalue weighted by atomic mass is 35.5. The molecular formula is C15H20ClN3O5S. The Bertz CT molecular complexity index is 781. The van der Waals surface area contributed by atoms with Crippen LogP contribution in [0.1, 0.15) is 6.42 Å². The lowest BCUT2D eigenvalue weighted by Gasteiger charge is -2.16. The summed E-state index contributed by atoms with van der Waals surface area (Å²) in [6.45, 7) is 0.900. The van der Waals surface area contributed by atoms with Crippen molar-refractivity contribution in [1.82, 2.24) is 9.21 Å². The molecule has 0 aromatic heterocycles. The number of halogens is 1. The van der Waals surface area contributed by atoms with Gasteiger partial charge in [0.1, 0.15) is 4.90 Å². The summed E-state index contributed by atoms with van der Waals surface area (Å²) in [4.78, 5) is 24.7. The van der Waals surface area contributed by atoms with Crippen molar-refractivity contribution in [2.45, 2.75) is 11.3 Å². The molecule has 2 rings (SSSR count). The van der Waals surface area contributed by atoms with Gasteiger partial charge in [-0.15, -0.1) is 0 Å². The van der Waals surface area contributed by atoms with Crippen LogP contribution in [-0.2, 0) is 19.6 Å². The summed E-state index contributed by atoms with van der Waals surface area (Å²) in [7, 11) is -0.947.